The van der Waals surface area contributed by atoms with Crippen LogP contribution in [0.3, 0.4) is 0 Å². The zero-order valence-electron chi connectivity index (χ0n) is 22.8. The first kappa shape index (κ1) is 25.7. The third-order valence-electron chi connectivity index (χ3n) is 8.51. The van der Waals surface area contributed by atoms with Crippen molar-refractivity contribution < 1.29 is 4.74 Å². The molecule has 204 valence electrons. The number of H-pyrrole nitrogens is 1. The van der Waals surface area contributed by atoms with Gasteiger partial charge in [-0.05, 0) is 98.3 Å². The number of nitrogens with one attached hydrogen (secondary N) is 1. The van der Waals surface area contributed by atoms with Crippen molar-refractivity contribution in [3.63, 3.8) is 0 Å². The fourth-order valence-corrected chi connectivity index (χ4v) is 6.49. The zero-order valence-corrected chi connectivity index (χ0v) is 22.8. The minimum atomic E-state index is -0.302. The molecule has 1 aliphatic heterocycles. The lowest BCUT2D eigenvalue weighted by Crippen LogP contribution is -2.41. The third kappa shape index (κ3) is 5.62. The highest BCUT2D eigenvalue weighted by Crippen LogP contribution is 2.35. The Morgan fingerprint density at radius 1 is 1.00 bits per heavy atom. The lowest BCUT2D eigenvalue weighted by atomic mass is 9.88. The average Bonchev–Trinajstić information content (AvgIpc) is 3.45. The predicted octanol–water partition coefficient (Wildman–Crippen LogP) is 5.46. The molecule has 1 saturated heterocycles. The van der Waals surface area contributed by atoms with Crippen LogP contribution in [0.2, 0.25) is 0 Å². The van der Waals surface area contributed by atoms with Crippen molar-refractivity contribution in [1.29, 1.82) is 0 Å². The second kappa shape index (κ2) is 11.7. The van der Waals surface area contributed by atoms with Gasteiger partial charge in [0.1, 0.15) is 11.8 Å². The van der Waals surface area contributed by atoms with E-state index in [9.17, 15) is 4.79 Å². The lowest BCUT2D eigenvalue weighted by molar-refractivity contribution is 0.140. The van der Waals surface area contributed by atoms with E-state index in [1.165, 1.54) is 24.8 Å². The Hall–Kier alpha value is -3.52. The third-order valence-corrected chi connectivity index (χ3v) is 8.51. The van der Waals surface area contributed by atoms with Crippen molar-refractivity contribution in [2.45, 2.75) is 70.4 Å². The molecule has 8 nitrogen and oxygen atoms in total. The van der Waals surface area contributed by atoms with Gasteiger partial charge in [0.25, 0.3) is 5.56 Å². The van der Waals surface area contributed by atoms with E-state index in [2.05, 4.69) is 55.7 Å². The van der Waals surface area contributed by atoms with Gasteiger partial charge in [-0.25, -0.2) is 4.68 Å². The number of piperidine rings is 1. The summed E-state index contributed by atoms with van der Waals surface area (Å²) in [4.78, 5) is 19.2. The van der Waals surface area contributed by atoms with E-state index in [-0.39, 0.29) is 17.6 Å². The standard InChI is InChI=1S/C31H38N6O2/c1-2-39-26-13-14-28-24(20-26)21-27(31(38)32-28)29(30-33-34-35-37(30)25-11-7-4-8-12-25)36-17-15-23(16-18-36)19-22-9-5-3-6-10-22/h3,5-6,9-10,13-14,20-21,23,25,29H,2,4,7-8,11-12,15-19H2,1H3,(H,32,38)/t29-/m1/s1. The molecule has 6 rings (SSSR count). The van der Waals surface area contributed by atoms with Gasteiger partial charge in [0.15, 0.2) is 5.82 Å². The van der Waals surface area contributed by atoms with Crippen molar-refractivity contribution in [3.05, 3.63) is 81.9 Å². The first-order valence-corrected chi connectivity index (χ1v) is 14.5. The maximum Gasteiger partial charge on any atom is 0.253 e. The van der Waals surface area contributed by atoms with Gasteiger partial charge >= 0.3 is 0 Å². The first-order valence-electron chi connectivity index (χ1n) is 14.5. The highest BCUT2D eigenvalue weighted by molar-refractivity contribution is 5.80. The number of aromatic amines is 1. The van der Waals surface area contributed by atoms with Gasteiger partial charge in [-0.1, -0.05) is 49.6 Å². The molecule has 1 saturated carbocycles. The first-order chi connectivity index (χ1) is 19.2. The number of likely N-dealkylation sites (tertiary alicyclic amines) is 1. The topological polar surface area (TPSA) is 88.9 Å². The number of ether oxygens (including phenoxy) is 1. The number of fused-ring (bicyclic) bond motifs is 1. The number of nitrogens with zero attached hydrogens (tertiary/aromatic N) is 5. The molecular weight excluding hydrogens is 488 g/mol. The smallest absolute Gasteiger partial charge is 0.253 e. The number of hydrogen-bond acceptors (Lipinski definition) is 6. The van der Waals surface area contributed by atoms with Crippen LogP contribution in [-0.4, -0.2) is 49.8 Å². The van der Waals surface area contributed by atoms with Gasteiger partial charge in [-0.15, -0.1) is 5.10 Å². The normalized spacial score (nSPS) is 18.4. The summed E-state index contributed by atoms with van der Waals surface area (Å²) in [6, 6.07) is 18.6. The van der Waals surface area contributed by atoms with Gasteiger partial charge in [0.05, 0.1) is 12.6 Å². The summed E-state index contributed by atoms with van der Waals surface area (Å²) >= 11 is 0. The Kier molecular flexibility index (Phi) is 7.72. The molecule has 2 aromatic heterocycles. The Morgan fingerprint density at radius 2 is 1.79 bits per heavy atom. The number of aromatic nitrogens is 5. The molecule has 0 unspecified atom stereocenters. The Bertz CT molecular complexity index is 1430. The van der Waals surface area contributed by atoms with E-state index >= 15 is 0 Å². The molecule has 0 spiro atoms. The zero-order chi connectivity index (χ0) is 26.6. The van der Waals surface area contributed by atoms with Crippen LogP contribution in [-0.2, 0) is 6.42 Å². The quantitative estimate of drug-likeness (QED) is 0.328. The SMILES string of the molecule is CCOc1ccc2[nH]c(=O)c([C@H](c3nnnn3C3CCCCC3)N3CCC(Cc4ccccc4)CC3)cc2c1. The van der Waals surface area contributed by atoms with Crippen LogP contribution in [0.15, 0.2) is 59.4 Å². The molecule has 39 heavy (non-hydrogen) atoms. The minimum Gasteiger partial charge on any atom is -0.494 e. The summed E-state index contributed by atoms with van der Waals surface area (Å²) in [5.41, 5.74) is 2.81. The van der Waals surface area contributed by atoms with Crippen molar-refractivity contribution in [3.8, 4) is 5.75 Å². The molecule has 2 aromatic carbocycles. The summed E-state index contributed by atoms with van der Waals surface area (Å²) in [5, 5.41) is 14.2. The Balaban J connectivity index is 1.35. The van der Waals surface area contributed by atoms with Crippen molar-refractivity contribution in [1.82, 2.24) is 30.1 Å². The van der Waals surface area contributed by atoms with E-state index < -0.39 is 0 Å². The van der Waals surface area contributed by atoms with Gasteiger partial charge in [0, 0.05) is 16.5 Å². The number of tetrazole rings is 1. The molecular formula is C31H38N6O2. The van der Waals surface area contributed by atoms with E-state index in [1.807, 2.05) is 35.9 Å². The average molecular weight is 527 g/mol. The number of pyridine rings is 1. The molecule has 3 heterocycles. The van der Waals surface area contributed by atoms with Crippen LogP contribution < -0.4 is 10.3 Å². The van der Waals surface area contributed by atoms with Crippen molar-refractivity contribution >= 4 is 10.9 Å². The fourth-order valence-electron chi connectivity index (χ4n) is 6.49. The molecule has 1 N–H and O–H groups in total. The molecule has 0 bridgehead atoms. The molecule has 2 aliphatic rings. The van der Waals surface area contributed by atoms with Crippen LogP contribution >= 0.6 is 0 Å². The molecule has 1 atom stereocenters. The van der Waals surface area contributed by atoms with Gasteiger partial charge in [0.2, 0.25) is 0 Å². The van der Waals surface area contributed by atoms with Crippen LogP contribution in [0.1, 0.15) is 80.9 Å². The van der Waals surface area contributed by atoms with Crippen molar-refractivity contribution in [2.75, 3.05) is 19.7 Å². The van der Waals surface area contributed by atoms with Crippen molar-refractivity contribution in [2.24, 2.45) is 5.92 Å². The second-order valence-electron chi connectivity index (χ2n) is 11.1. The number of benzene rings is 2. The number of rotatable bonds is 8. The number of hydrogen-bond donors (Lipinski definition) is 1. The van der Waals surface area contributed by atoms with E-state index in [4.69, 9.17) is 4.74 Å². The molecule has 0 radical (unpaired) electrons. The predicted molar refractivity (Wildman–Crippen MR) is 152 cm³/mol. The Labute approximate surface area is 229 Å². The molecule has 2 fully saturated rings. The lowest BCUT2D eigenvalue weighted by Gasteiger charge is -2.37. The molecule has 0 amide bonds. The summed E-state index contributed by atoms with van der Waals surface area (Å²) in [6.45, 7) is 4.37. The van der Waals surface area contributed by atoms with Crippen LogP contribution in [0.5, 0.6) is 5.75 Å². The van der Waals surface area contributed by atoms with Gasteiger partial charge < -0.3 is 9.72 Å². The van der Waals surface area contributed by atoms with E-state index in [0.29, 0.717) is 18.1 Å². The summed E-state index contributed by atoms with van der Waals surface area (Å²) < 4.78 is 7.78. The summed E-state index contributed by atoms with van der Waals surface area (Å²) in [6.07, 6.45) is 9.05. The maximum atomic E-state index is 13.6. The summed E-state index contributed by atoms with van der Waals surface area (Å²) in [5.74, 6) is 2.21. The van der Waals surface area contributed by atoms with E-state index in [0.717, 1.165) is 67.7 Å². The van der Waals surface area contributed by atoms with Gasteiger partial charge in [-0.2, -0.15) is 0 Å². The van der Waals surface area contributed by atoms with Crippen LogP contribution in [0, 0.1) is 5.92 Å². The van der Waals surface area contributed by atoms with Gasteiger partial charge in [-0.3, -0.25) is 9.69 Å². The largest absolute Gasteiger partial charge is 0.494 e. The molecule has 4 aromatic rings. The second-order valence-corrected chi connectivity index (χ2v) is 11.1. The maximum absolute atomic E-state index is 13.6. The summed E-state index contributed by atoms with van der Waals surface area (Å²) in [7, 11) is 0. The van der Waals surface area contributed by atoms with E-state index in [1.54, 1.807) is 0 Å². The van der Waals surface area contributed by atoms with Crippen LogP contribution in [0.4, 0.5) is 0 Å². The monoisotopic (exact) mass is 526 g/mol. The Morgan fingerprint density at radius 3 is 2.56 bits per heavy atom. The fraction of sp³-hybridized carbons (Fsp3) is 0.484. The minimum absolute atomic E-state index is 0.0822. The molecule has 1 aliphatic carbocycles. The highest BCUT2D eigenvalue weighted by Gasteiger charge is 2.34. The highest BCUT2D eigenvalue weighted by atomic mass is 16.5. The van der Waals surface area contributed by atoms with Crippen LogP contribution in [0.25, 0.3) is 10.9 Å². The molecule has 8 heteroatoms.